The molecule has 0 radical (unpaired) electrons. The first-order chi connectivity index (χ1) is 6.24. The van der Waals surface area contributed by atoms with Crippen molar-refractivity contribution in [3.63, 3.8) is 0 Å². The van der Waals surface area contributed by atoms with Crippen LogP contribution in [0.5, 0.6) is 0 Å². The molecule has 0 aromatic carbocycles. The molecule has 2 aromatic heterocycles. The molecular formula is C8H7ClIN2S-. The van der Waals surface area contributed by atoms with Crippen molar-refractivity contribution in [1.29, 1.82) is 0 Å². The Labute approximate surface area is 95.6 Å². The van der Waals surface area contributed by atoms with Crippen LogP contribution in [0.15, 0.2) is 6.33 Å². The molecule has 70 valence electrons. The first-order valence-electron chi connectivity index (χ1n) is 3.63. The Hall–Kier alpha value is 0.0600. The standard InChI is InChI=1S/C8H7ClIN2S/c1-4-5-6(13-8(4)10-2)7(9)12-3-11-5/h3H,1-2H3/q-1. The van der Waals surface area contributed by atoms with Crippen molar-refractivity contribution in [3.8, 4) is 0 Å². The topological polar surface area (TPSA) is 25.8 Å². The normalized spacial score (nSPS) is 11.3. The molecule has 0 unspecified atom stereocenters. The Morgan fingerprint density at radius 3 is 2.85 bits per heavy atom. The van der Waals surface area contributed by atoms with Crippen LogP contribution in [0.3, 0.4) is 0 Å². The fourth-order valence-electron chi connectivity index (χ4n) is 1.15. The Bertz CT molecular complexity index is 455. The molecule has 2 rings (SSSR count). The number of halogens is 2. The van der Waals surface area contributed by atoms with E-state index in [1.54, 1.807) is 11.3 Å². The fraction of sp³-hybridized carbons (Fsp3) is 0.250. The van der Waals surface area contributed by atoms with Gasteiger partial charge in [0.2, 0.25) is 0 Å². The molecule has 2 nitrogen and oxygen atoms in total. The van der Waals surface area contributed by atoms with E-state index < -0.39 is 0 Å². The van der Waals surface area contributed by atoms with Gasteiger partial charge in [0.05, 0.1) is 0 Å². The minimum atomic E-state index is 0.119. The van der Waals surface area contributed by atoms with Gasteiger partial charge in [0.1, 0.15) is 0 Å². The summed E-state index contributed by atoms with van der Waals surface area (Å²) in [6.45, 7) is 2.11. The third-order valence-electron chi connectivity index (χ3n) is 1.77. The number of hydrogen-bond acceptors (Lipinski definition) is 3. The molecule has 0 saturated heterocycles. The van der Waals surface area contributed by atoms with Crippen LogP contribution in [-0.2, 0) is 0 Å². The van der Waals surface area contributed by atoms with Crippen LogP contribution in [0.2, 0.25) is 5.15 Å². The predicted octanol–water partition coefficient (Wildman–Crippen LogP) is -0.458. The van der Waals surface area contributed by atoms with Crippen LogP contribution in [0, 0.1) is 9.81 Å². The van der Waals surface area contributed by atoms with Gasteiger partial charge < -0.3 is 0 Å². The number of alkyl halides is 1. The molecule has 0 aliphatic carbocycles. The monoisotopic (exact) mass is 325 g/mol. The van der Waals surface area contributed by atoms with E-state index >= 15 is 0 Å². The number of hydrogen-bond donors (Lipinski definition) is 0. The molecule has 0 N–H and O–H groups in total. The summed E-state index contributed by atoms with van der Waals surface area (Å²) in [7, 11) is 0. The van der Waals surface area contributed by atoms with E-state index in [1.807, 2.05) is 0 Å². The van der Waals surface area contributed by atoms with Crippen molar-refractivity contribution in [2.75, 3.05) is 4.93 Å². The van der Waals surface area contributed by atoms with E-state index in [-0.39, 0.29) is 21.2 Å². The molecule has 13 heavy (non-hydrogen) atoms. The zero-order chi connectivity index (χ0) is 9.42. The third-order valence-corrected chi connectivity index (χ3v) is 6.73. The van der Waals surface area contributed by atoms with E-state index in [0.29, 0.717) is 5.15 Å². The average Bonchev–Trinajstić information content (AvgIpc) is 2.45. The summed E-state index contributed by atoms with van der Waals surface area (Å²) in [5.41, 5.74) is 2.32. The van der Waals surface area contributed by atoms with Gasteiger partial charge in [-0.05, 0) is 0 Å². The van der Waals surface area contributed by atoms with Crippen molar-refractivity contribution in [2.24, 2.45) is 0 Å². The summed E-state index contributed by atoms with van der Waals surface area (Å²) in [5, 5.41) is 0.585. The molecule has 0 bridgehead atoms. The predicted molar refractivity (Wildman–Crippen MR) is 51.8 cm³/mol. The van der Waals surface area contributed by atoms with Gasteiger partial charge in [-0.15, -0.1) is 0 Å². The SMILES string of the molecule is C[I-]c1sc2c(Cl)ncnc2c1C. The fourth-order valence-corrected chi connectivity index (χ4v) is 4.73. The maximum absolute atomic E-state index is 5.97. The molecule has 5 heteroatoms. The molecule has 0 atom stereocenters. The van der Waals surface area contributed by atoms with Gasteiger partial charge in [0.25, 0.3) is 0 Å². The van der Waals surface area contributed by atoms with Crippen LogP contribution < -0.4 is 21.2 Å². The van der Waals surface area contributed by atoms with E-state index in [9.17, 15) is 0 Å². The zero-order valence-electron chi connectivity index (χ0n) is 7.14. The maximum atomic E-state index is 5.97. The summed E-state index contributed by atoms with van der Waals surface area (Å²) in [4.78, 5) is 10.5. The van der Waals surface area contributed by atoms with Crippen molar-refractivity contribution >= 4 is 33.2 Å². The molecule has 2 heterocycles. The van der Waals surface area contributed by atoms with Gasteiger partial charge >= 0.3 is 96.1 Å². The van der Waals surface area contributed by atoms with Crippen molar-refractivity contribution in [3.05, 3.63) is 19.9 Å². The van der Waals surface area contributed by atoms with Gasteiger partial charge in [-0.3, -0.25) is 0 Å². The van der Waals surface area contributed by atoms with Crippen LogP contribution in [0.1, 0.15) is 5.56 Å². The second-order valence-electron chi connectivity index (χ2n) is 2.53. The molecule has 0 spiro atoms. The van der Waals surface area contributed by atoms with E-state index in [4.69, 9.17) is 11.6 Å². The third kappa shape index (κ3) is 1.55. The van der Waals surface area contributed by atoms with Crippen LogP contribution in [-0.4, -0.2) is 14.9 Å². The Morgan fingerprint density at radius 1 is 1.46 bits per heavy atom. The van der Waals surface area contributed by atoms with E-state index in [2.05, 4.69) is 21.8 Å². The van der Waals surface area contributed by atoms with Gasteiger partial charge in [-0.2, -0.15) is 0 Å². The summed E-state index contributed by atoms with van der Waals surface area (Å²) in [6, 6.07) is 0. The zero-order valence-corrected chi connectivity index (χ0v) is 10.9. The molecule has 0 saturated carbocycles. The van der Waals surface area contributed by atoms with Crippen molar-refractivity contribution in [2.45, 2.75) is 6.92 Å². The molecule has 2 aromatic rings. The minimum absolute atomic E-state index is 0.119. The van der Waals surface area contributed by atoms with Gasteiger partial charge in [0, 0.05) is 0 Å². The molecule has 0 amide bonds. The molecular weight excluding hydrogens is 319 g/mol. The van der Waals surface area contributed by atoms with Crippen molar-refractivity contribution in [1.82, 2.24) is 9.97 Å². The van der Waals surface area contributed by atoms with Crippen LogP contribution in [0.4, 0.5) is 0 Å². The van der Waals surface area contributed by atoms with Crippen molar-refractivity contribution < 1.29 is 21.2 Å². The van der Waals surface area contributed by atoms with E-state index in [1.165, 1.54) is 14.8 Å². The summed E-state index contributed by atoms with van der Waals surface area (Å²) in [5.74, 6) is 0. The first-order valence-corrected chi connectivity index (χ1v) is 8.06. The average molecular weight is 326 g/mol. The molecule has 0 fully saturated rings. The Morgan fingerprint density at radius 2 is 2.23 bits per heavy atom. The van der Waals surface area contributed by atoms with Gasteiger partial charge in [-0.25, -0.2) is 0 Å². The summed E-state index contributed by atoms with van der Waals surface area (Å²) < 4.78 is 2.49. The number of thiophene rings is 1. The van der Waals surface area contributed by atoms with Gasteiger partial charge in [-0.1, -0.05) is 0 Å². The quantitative estimate of drug-likeness (QED) is 0.403. The summed E-state index contributed by atoms with van der Waals surface area (Å²) >= 11 is 7.83. The second kappa shape index (κ2) is 3.67. The van der Waals surface area contributed by atoms with Crippen LogP contribution in [0.25, 0.3) is 10.2 Å². The summed E-state index contributed by atoms with van der Waals surface area (Å²) in [6.07, 6.45) is 1.53. The molecule has 0 aliphatic heterocycles. The van der Waals surface area contributed by atoms with Crippen LogP contribution >= 0.6 is 22.9 Å². The second-order valence-corrected chi connectivity index (χ2v) is 6.80. The number of aromatic nitrogens is 2. The number of aryl methyl sites for hydroxylation is 1. The number of fused-ring (bicyclic) bond motifs is 1. The first kappa shape index (κ1) is 9.61. The number of rotatable bonds is 1. The molecule has 0 aliphatic rings. The Kier molecular flexibility index (Phi) is 2.71. The Balaban J connectivity index is 2.83. The number of nitrogens with zero attached hydrogens (tertiary/aromatic N) is 2. The van der Waals surface area contributed by atoms with Gasteiger partial charge in [0.15, 0.2) is 0 Å². The van der Waals surface area contributed by atoms with E-state index in [0.717, 1.165) is 10.2 Å².